The predicted molar refractivity (Wildman–Crippen MR) is 92.6 cm³/mol. The van der Waals surface area contributed by atoms with Gasteiger partial charge in [-0.05, 0) is 18.6 Å². The highest BCUT2D eigenvalue weighted by molar-refractivity contribution is 7.80. The predicted octanol–water partition coefficient (Wildman–Crippen LogP) is 2.43. The largest absolute Gasteiger partial charge is 0.393 e. The van der Waals surface area contributed by atoms with Crippen LogP contribution in [-0.4, -0.2) is 42.5 Å². The maximum Gasteiger partial charge on any atom is 0.241 e. The molecule has 0 unspecified atom stereocenters. The van der Waals surface area contributed by atoms with Gasteiger partial charge in [0.2, 0.25) is 5.91 Å². The summed E-state index contributed by atoms with van der Waals surface area (Å²) in [4.78, 5) is 16.6. The molecule has 1 aromatic rings. The van der Waals surface area contributed by atoms with E-state index in [0.717, 1.165) is 25.1 Å². The molecule has 5 heteroatoms. The number of carbonyl (C=O) groups excluding carboxylic acids is 1. The van der Waals surface area contributed by atoms with Gasteiger partial charge in [0.05, 0.1) is 11.5 Å². The monoisotopic (exact) mass is 307 g/mol. The molecule has 1 aromatic carbocycles. The van der Waals surface area contributed by atoms with Crippen LogP contribution in [0.5, 0.6) is 0 Å². The van der Waals surface area contributed by atoms with Gasteiger partial charge in [-0.2, -0.15) is 0 Å². The zero-order valence-corrected chi connectivity index (χ0v) is 13.7. The van der Waals surface area contributed by atoms with Gasteiger partial charge in [-0.15, -0.1) is 0 Å². The first kappa shape index (κ1) is 17.4. The van der Waals surface area contributed by atoms with Crippen molar-refractivity contribution >= 4 is 28.8 Å². The summed E-state index contributed by atoms with van der Waals surface area (Å²) in [6.07, 6.45) is 2.74. The Labute approximate surface area is 132 Å². The first-order chi connectivity index (χ1) is 10.0. The summed E-state index contributed by atoms with van der Waals surface area (Å²) in [5.74, 6) is 0.0891. The van der Waals surface area contributed by atoms with E-state index in [1.54, 1.807) is 11.9 Å². The van der Waals surface area contributed by atoms with Crippen molar-refractivity contribution in [3.63, 3.8) is 0 Å². The van der Waals surface area contributed by atoms with Crippen LogP contribution in [0.2, 0.25) is 0 Å². The summed E-state index contributed by atoms with van der Waals surface area (Å²) >= 11 is 4.85. The fourth-order valence-corrected chi connectivity index (χ4v) is 2.07. The summed E-state index contributed by atoms with van der Waals surface area (Å²) in [5.41, 5.74) is 6.57. The van der Waals surface area contributed by atoms with E-state index in [4.69, 9.17) is 18.0 Å². The average molecular weight is 307 g/mol. The van der Waals surface area contributed by atoms with Gasteiger partial charge in [0, 0.05) is 32.2 Å². The Morgan fingerprint density at radius 2 is 1.90 bits per heavy atom. The quantitative estimate of drug-likeness (QED) is 0.712. The molecule has 0 saturated heterocycles. The number of amides is 1. The normalized spacial score (nSPS) is 10.2. The Bertz CT molecular complexity index is 450. The number of nitrogens with zero attached hydrogens (tertiary/aromatic N) is 2. The lowest BCUT2D eigenvalue weighted by molar-refractivity contribution is -0.128. The molecule has 116 valence electrons. The summed E-state index contributed by atoms with van der Waals surface area (Å²) < 4.78 is 0. The molecule has 0 aliphatic heterocycles. The molecule has 0 aromatic heterocycles. The Balaban J connectivity index is 2.63. The van der Waals surface area contributed by atoms with Gasteiger partial charge >= 0.3 is 0 Å². The van der Waals surface area contributed by atoms with Crippen LogP contribution in [0.3, 0.4) is 0 Å². The summed E-state index contributed by atoms with van der Waals surface area (Å²) in [6.45, 7) is 4.00. The van der Waals surface area contributed by atoms with Crippen LogP contribution in [0.15, 0.2) is 30.3 Å². The molecule has 2 N–H and O–H groups in total. The minimum absolute atomic E-state index is 0.0891. The lowest BCUT2D eigenvalue weighted by Gasteiger charge is -2.27. The number of likely N-dealkylation sites (N-methyl/N-ethyl adjacent to an activating group) is 1. The van der Waals surface area contributed by atoms with Crippen LogP contribution >= 0.6 is 12.2 Å². The van der Waals surface area contributed by atoms with Gasteiger partial charge in [0.15, 0.2) is 0 Å². The topological polar surface area (TPSA) is 49.6 Å². The number of carbonyl (C=O) groups is 1. The van der Waals surface area contributed by atoms with Crippen molar-refractivity contribution in [3.05, 3.63) is 30.3 Å². The van der Waals surface area contributed by atoms with Crippen molar-refractivity contribution in [2.24, 2.45) is 5.73 Å². The third-order valence-corrected chi connectivity index (χ3v) is 3.55. The maximum absolute atomic E-state index is 12.3. The lowest BCUT2D eigenvalue weighted by Crippen LogP contribution is -2.40. The molecule has 4 nitrogen and oxygen atoms in total. The highest BCUT2D eigenvalue weighted by Gasteiger charge is 2.14. The average Bonchev–Trinajstić information content (AvgIpc) is 2.49. The van der Waals surface area contributed by atoms with E-state index in [9.17, 15) is 4.79 Å². The number of rotatable bonds is 9. The molecule has 0 spiro atoms. The van der Waals surface area contributed by atoms with Crippen molar-refractivity contribution < 1.29 is 4.79 Å². The summed E-state index contributed by atoms with van der Waals surface area (Å²) in [5, 5.41) is 0. The smallest absolute Gasteiger partial charge is 0.241 e. The van der Waals surface area contributed by atoms with Crippen LogP contribution in [0, 0.1) is 0 Å². The number of hydrogen-bond acceptors (Lipinski definition) is 3. The Morgan fingerprint density at radius 1 is 1.24 bits per heavy atom. The second-order valence-electron chi connectivity index (χ2n) is 5.14. The molecule has 1 rings (SSSR count). The lowest BCUT2D eigenvalue weighted by atomic mass is 10.2. The number of para-hydroxylation sites is 1. The van der Waals surface area contributed by atoms with Crippen LogP contribution in [0.1, 0.15) is 26.2 Å². The van der Waals surface area contributed by atoms with Crippen molar-refractivity contribution in [1.82, 2.24) is 4.90 Å². The summed E-state index contributed by atoms with van der Waals surface area (Å²) in [6, 6.07) is 10.1. The van der Waals surface area contributed by atoms with Gasteiger partial charge < -0.3 is 15.5 Å². The SMILES string of the molecule is CCCCN(CC(=O)N(C)CCC(N)=S)c1ccccc1. The van der Waals surface area contributed by atoms with E-state index in [1.165, 1.54) is 0 Å². The fraction of sp³-hybridized carbons (Fsp3) is 0.500. The molecule has 0 saturated carbocycles. The Morgan fingerprint density at radius 3 is 2.48 bits per heavy atom. The zero-order chi connectivity index (χ0) is 15.7. The zero-order valence-electron chi connectivity index (χ0n) is 12.9. The first-order valence-electron chi connectivity index (χ1n) is 7.36. The van der Waals surface area contributed by atoms with Gasteiger partial charge in [-0.3, -0.25) is 4.79 Å². The molecule has 0 atom stereocenters. The molecule has 21 heavy (non-hydrogen) atoms. The van der Waals surface area contributed by atoms with Crippen molar-refractivity contribution in [1.29, 1.82) is 0 Å². The molecule has 1 amide bonds. The number of thiocarbonyl (C=S) groups is 1. The number of nitrogens with two attached hydrogens (primary N) is 1. The number of unbranched alkanes of at least 4 members (excludes halogenated alkanes) is 1. The Hall–Kier alpha value is -1.62. The van der Waals surface area contributed by atoms with Crippen molar-refractivity contribution in [2.75, 3.05) is 31.6 Å². The summed E-state index contributed by atoms with van der Waals surface area (Å²) in [7, 11) is 1.80. The van der Waals surface area contributed by atoms with Crippen LogP contribution in [-0.2, 0) is 4.79 Å². The van der Waals surface area contributed by atoms with E-state index in [1.807, 2.05) is 30.3 Å². The molecule has 0 bridgehead atoms. The number of benzene rings is 1. The van der Waals surface area contributed by atoms with Gasteiger partial charge in [-0.1, -0.05) is 43.8 Å². The molecular formula is C16H25N3OS. The van der Waals surface area contributed by atoms with E-state index >= 15 is 0 Å². The number of anilines is 1. The van der Waals surface area contributed by atoms with Crippen LogP contribution < -0.4 is 10.6 Å². The second-order valence-corrected chi connectivity index (χ2v) is 5.67. The molecular weight excluding hydrogens is 282 g/mol. The Kier molecular flexibility index (Phi) is 7.75. The van der Waals surface area contributed by atoms with Crippen LogP contribution in [0.25, 0.3) is 0 Å². The van der Waals surface area contributed by atoms with Crippen molar-refractivity contribution in [2.45, 2.75) is 26.2 Å². The van der Waals surface area contributed by atoms with Crippen molar-refractivity contribution in [3.8, 4) is 0 Å². The first-order valence-corrected chi connectivity index (χ1v) is 7.77. The minimum Gasteiger partial charge on any atom is -0.393 e. The fourth-order valence-electron chi connectivity index (χ4n) is 1.97. The minimum atomic E-state index is 0.0891. The molecule has 0 aliphatic rings. The van der Waals surface area contributed by atoms with Gasteiger partial charge in [0.1, 0.15) is 0 Å². The van der Waals surface area contributed by atoms with Crippen LogP contribution in [0.4, 0.5) is 5.69 Å². The van der Waals surface area contributed by atoms with E-state index in [-0.39, 0.29) is 5.91 Å². The van der Waals surface area contributed by atoms with E-state index in [2.05, 4.69) is 11.8 Å². The third-order valence-electron chi connectivity index (χ3n) is 3.35. The standard InChI is InChI=1S/C16H25N3OS/c1-3-4-11-19(14-8-6-5-7-9-14)13-16(20)18(2)12-10-15(17)21/h5-9H,3-4,10-13H2,1-2H3,(H2,17,21). The third kappa shape index (κ3) is 6.58. The van der Waals surface area contributed by atoms with Gasteiger partial charge in [0.25, 0.3) is 0 Å². The highest BCUT2D eigenvalue weighted by Crippen LogP contribution is 2.14. The van der Waals surface area contributed by atoms with Gasteiger partial charge in [-0.25, -0.2) is 0 Å². The second kappa shape index (κ2) is 9.34. The van der Waals surface area contributed by atoms with E-state index < -0.39 is 0 Å². The molecule has 0 radical (unpaired) electrons. The molecule has 0 heterocycles. The molecule has 0 fully saturated rings. The molecule has 0 aliphatic carbocycles. The van der Waals surface area contributed by atoms with E-state index in [0.29, 0.717) is 24.5 Å². The maximum atomic E-state index is 12.3. The highest BCUT2D eigenvalue weighted by atomic mass is 32.1. The number of hydrogen-bond donors (Lipinski definition) is 1.